The second-order valence-electron chi connectivity index (χ2n) is 7.44. The molecule has 0 heterocycles. The van der Waals surface area contributed by atoms with Gasteiger partial charge in [0.25, 0.3) is 0 Å². The van der Waals surface area contributed by atoms with Gasteiger partial charge < -0.3 is 42.7 Å². The van der Waals surface area contributed by atoms with E-state index >= 15 is 0 Å². The van der Waals surface area contributed by atoms with E-state index < -0.39 is 72.6 Å². The summed E-state index contributed by atoms with van der Waals surface area (Å²) in [6, 6.07) is -0.0984. The second-order valence-corrected chi connectivity index (χ2v) is 7.44. The number of carbonyl (C=O) groups excluding carboxylic acids is 4. The lowest BCUT2D eigenvalue weighted by Gasteiger charge is -2.23. The summed E-state index contributed by atoms with van der Waals surface area (Å²) in [5.41, 5.74) is 11.0. The van der Waals surface area contributed by atoms with Crippen molar-refractivity contribution in [1.82, 2.24) is 16.0 Å². The molecule has 1 aromatic carbocycles. The number of rotatable bonds is 13. The van der Waals surface area contributed by atoms with Crippen molar-refractivity contribution in [3.8, 4) is 5.75 Å². The number of carbonyl (C=O) groups is 6. The number of primary amides is 1. The van der Waals surface area contributed by atoms with Gasteiger partial charge in [0.2, 0.25) is 23.6 Å². The third-order valence-electron chi connectivity index (χ3n) is 4.51. The number of hydrogen-bond acceptors (Lipinski definition) is 8. The Hall–Kier alpha value is -4.20. The van der Waals surface area contributed by atoms with Crippen molar-refractivity contribution in [1.29, 1.82) is 0 Å². The van der Waals surface area contributed by atoms with Crippen LogP contribution in [-0.2, 0) is 35.2 Å². The van der Waals surface area contributed by atoms with Crippen LogP contribution in [0.3, 0.4) is 0 Å². The predicted octanol–water partition coefficient (Wildman–Crippen LogP) is -2.83. The molecule has 0 fully saturated rings. The molecule has 186 valence electrons. The largest absolute Gasteiger partial charge is 0.508 e. The summed E-state index contributed by atoms with van der Waals surface area (Å²) < 4.78 is 0. The molecule has 0 radical (unpaired) electrons. The normalized spacial score (nSPS) is 14.1. The molecule has 4 unspecified atom stereocenters. The van der Waals surface area contributed by atoms with Gasteiger partial charge in [0.15, 0.2) is 0 Å². The number of aromatic hydroxyl groups is 1. The molecule has 0 spiro atoms. The molecule has 10 N–H and O–H groups in total. The van der Waals surface area contributed by atoms with E-state index in [1.165, 1.54) is 31.2 Å². The van der Waals surface area contributed by atoms with Gasteiger partial charge in [-0.2, -0.15) is 0 Å². The van der Waals surface area contributed by atoms with Crippen LogP contribution in [-0.4, -0.2) is 75.1 Å². The molecule has 1 aromatic rings. The molecule has 4 amide bonds. The number of carboxylic acid groups (broad SMARTS) is 2. The topological polar surface area (TPSA) is 251 Å². The summed E-state index contributed by atoms with van der Waals surface area (Å²) in [6.07, 6.45) is -1.50. The van der Waals surface area contributed by atoms with Crippen LogP contribution >= 0.6 is 0 Å². The number of phenols is 1. The van der Waals surface area contributed by atoms with Crippen molar-refractivity contribution in [2.24, 2.45) is 11.5 Å². The number of hydrogen-bond donors (Lipinski definition) is 8. The maximum atomic E-state index is 12.6. The first-order valence-electron chi connectivity index (χ1n) is 9.97. The number of aliphatic carboxylic acids is 2. The summed E-state index contributed by atoms with van der Waals surface area (Å²) in [5, 5.41) is 34.0. The molecular weight excluding hydrogens is 454 g/mol. The molecule has 0 bridgehead atoms. The quantitative estimate of drug-likeness (QED) is 0.143. The van der Waals surface area contributed by atoms with E-state index in [0.717, 1.165) is 0 Å². The minimum atomic E-state index is -1.56. The van der Waals surface area contributed by atoms with Crippen LogP contribution in [0.5, 0.6) is 5.75 Å². The lowest BCUT2D eigenvalue weighted by Crippen LogP contribution is -2.57. The van der Waals surface area contributed by atoms with Crippen LogP contribution in [0.2, 0.25) is 0 Å². The summed E-state index contributed by atoms with van der Waals surface area (Å²) in [6.45, 7) is 1.23. The van der Waals surface area contributed by atoms with Gasteiger partial charge in [-0.05, 0) is 24.6 Å². The molecule has 0 aromatic heterocycles. The Morgan fingerprint density at radius 3 is 1.91 bits per heavy atom. The first-order chi connectivity index (χ1) is 15.8. The third-order valence-corrected chi connectivity index (χ3v) is 4.51. The Morgan fingerprint density at radius 1 is 0.853 bits per heavy atom. The number of benzene rings is 1. The highest BCUT2D eigenvalue weighted by Gasteiger charge is 2.30. The van der Waals surface area contributed by atoms with Crippen LogP contribution in [0, 0.1) is 0 Å². The molecule has 34 heavy (non-hydrogen) atoms. The van der Waals surface area contributed by atoms with Gasteiger partial charge in [-0.25, -0.2) is 4.79 Å². The van der Waals surface area contributed by atoms with Crippen LogP contribution in [0.1, 0.15) is 25.3 Å². The van der Waals surface area contributed by atoms with Crippen molar-refractivity contribution in [2.75, 3.05) is 0 Å². The summed E-state index contributed by atoms with van der Waals surface area (Å²) in [5.74, 6) is -6.58. The first kappa shape index (κ1) is 27.8. The van der Waals surface area contributed by atoms with E-state index in [-0.39, 0.29) is 12.2 Å². The standard InChI is InChI=1S/C20H27N5O9/c1-9(23-18(31)12(21)7-16(28)29)17(30)24-13(8-15(22)27)19(32)25-14(20(33)34)6-10-2-4-11(26)5-3-10/h2-5,9,12-14,26H,6-8,21H2,1H3,(H2,22,27)(H,23,31)(H,24,30)(H,25,32)(H,28,29)(H,33,34). The van der Waals surface area contributed by atoms with Crippen LogP contribution in [0.4, 0.5) is 0 Å². The maximum Gasteiger partial charge on any atom is 0.326 e. The van der Waals surface area contributed by atoms with Crippen molar-refractivity contribution in [3.63, 3.8) is 0 Å². The Bertz CT molecular complexity index is 935. The molecule has 0 saturated heterocycles. The van der Waals surface area contributed by atoms with Gasteiger partial charge in [-0.3, -0.25) is 24.0 Å². The summed E-state index contributed by atoms with van der Waals surface area (Å²) >= 11 is 0. The first-order valence-corrected chi connectivity index (χ1v) is 9.97. The molecule has 0 aliphatic heterocycles. The fourth-order valence-electron chi connectivity index (χ4n) is 2.71. The highest BCUT2D eigenvalue weighted by atomic mass is 16.4. The number of carboxylic acids is 2. The highest BCUT2D eigenvalue weighted by molar-refractivity contribution is 5.96. The molecule has 1 rings (SSSR count). The Kier molecular flexibility index (Phi) is 10.4. The Morgan fingerprint density at radius 2 is 1.41 bits per heavy atom. The summed E-state index contributed by atoms with van der Waals surface area (Å²) in [4.78, 5) is 70.6. The van der Waals surface area contributed by atoms with Crippen molar-refractivity contribution < 1.29 is 44.1 Å². The van der Waals surface area contributed by atoms with E-state index in [1.807, 2.05) is 0 Å². The van der Waals surface area contributed by atoms with E-state index in [9.17, 15) is 39.0 Å². The second kappa shape index (κ2) is 12.7. The van der Waals surface area contributed by atoms with Gasteiger partial charge in [-0.1, -0.05) is 12.1 Å². The number of nitrogens with two attached hydrogens (primary N) is 2. The van der Waals surface area contributed by atoms with Gasteiger partial charge >= 0.3 is 11.9 Å². The highest BCUT2D eigenvalue weighted by Crippen LogP contribution is 2.11. The fourth-order valence-corrected chi connectivity index (χ4v) is 2.71. The lowest BCUT2D eigenvalue weighted by atomic mass is 10.0. The predicted molar refractivity (Wildman–Crippen MR) is 115 cm³/mol. The monoisotopic (exact) mass is 481 g/mol. The lowest BCUT2D eigenvalue weighted by molar-refractivity contribution is -0.142. The number of amides is 4. The van der Waals surface area contributed by atoms with Crippen molar-refractivity contribution in [3.05, 3.63) is 29.8 Å². The molecular formula is C20H27N5O9. The number of phenolic OH excluding ortho intramolecular Hbond substituents is 1. The SMILES string of the molecule is CC(NC(=O)C(N)CC(=O)O)C(=O)NC(CC(N)=O)C(=O)NC(Cc1ccc(O)cc1)C(=O)O. The average Bonchev–Trinajstić information content (AvgIpc) is 2.73. The van der Waals surface area contributed by atoms with Crippen LogP contribution in [0.15, 0.2) is 24.3 Å². The number of nitrogens with one attached hydrogen (secondary N) is 3. The van der Waals surface area contributed by atoms with E-state index in [2.05, 4.69) is 16.0 Å². The van der Waals surface area contributed by atoms with Crippen LogP contribution < -0.4 is 27.4 Å². The molecule has 0 saturated carbocycles. The zero-order valence-corrected chi connectivity index (χ0v) is 18.2. The minimum absolute atomic E-state index is 0.0333. The molecule has 0 aliphatic rings. The maximum absolute atomic E-state index is 12.6. The van der Waals surface area contributed by atoms with Crippen molar-refractivity contribution >= 4 is 35.6 Å². The minimum Gasteiger partial charge on any atom is -0.508 e. The van der Waals surface area contributed by atoms with Crippen molar-refractivity contribution in [2.45, 2.75) is 50.4 Å². The van der Waals surface area contributed by atoms with E-state index in [4.69, 9.17) is 16.6 Å². The molecule has 14 heteroatoms. The van der Waals surface area contributed by atoms with E-state index in [0.29, 0.717) is 5.56 Å². The molecule has 14 nitrogen and oxygen atoms in total. The Labute approximate surface area is 193 Å². The summed E-state index contributed by atoms with van der Waals surface area (Å²) in [7, 11) is 0. The average molecular weight is 481 g/mol. The van der Waals surface area contributed by atoms with Gasteiger partial charge in [0, 0.05) is 6.42 Å². The van der Waals surface area contributed by atoms with Gasteiger partial charge in [-0.15, -0.1) is 0 Å². The fraction of sp³-hybridized carbons (Fsp3) is 0.400. The molecule has 0 aliphatic carbocycles. The smallest absolute Gasteiger partial charge is 0.326 e. The van der Waals surface area contributed by atoms with Gasteiger partial charge in [0.1, 0.15) is 23.9 Å². The zero-order valence-electron chi connectivity index (χ0n) is 18.2. The molecule has 4 atom stereocenters. The van der Waals surface area contributed by atoms with Crippen LogP contribution in [0.25, 0.3) is 0 Å². The van der Waals surface area contributed by atoms with Gasteiger partial charge in [0.05, 0.1) is 18.9 Å². The Balaban J connectivity index is 2.86. The van der Waals surface area contributed by atoms with E-state index in [1.54, 1.807) is 0 Å². The third kappa shape index (κ3) is 9.52. The zero-order chi connectivity index (χ0) is 26.0.